The van der Waals surface area contributed by atoms with Gasteiger partial charge in [0.2, 0.25) is 5.82 Å². The van der Waals surface area contributed by atoms with Gasteiger partial charge in [0.15, 0.2) is 11.6 Å². The number of ether oxygens (including phenoxy) is 1. The molecule has 0 amide bonds. The molecule has 0 saturated carbocycles. The highest BCUT2D eigenvalue weighted by Crippen LogP contribution is 2.30. The quantitative estimate of drug-likeness (QED) is 0.338. The van der Waals surface area contributed by atoms with Crippen LogP contribution in [0.5, 0.6) is 5.75 Å². The van der Waals surface area contributed by atoms with Crippen LogP contribution in [0.3, 0.4) is 0 Å². The molecule has 0 heterocycles. The molecule has 4 heteroatoms. The molecular weight excluding hydrogens is 385 g/mol. The molecule has 0 radical (unpaired) electrons. The van der Waals surface area contributed by atoms with Crippen LogP contribution >= 0.6 is 0 Å². The molecule has 0 N–H and O–H groups in total. The Labute approximate surface area is 173 Å². The summed E-state index contributed by atoms with van der Waals surface area (Å²) in [5.74, 6) is -2.34. The van der Waals surface area contributed by atoms with E-state index in [2.05, 4.69) is 0 Å². The Hall–Kier alpha value is -3.53. The van der Waals surface area contributed by atoms with Crippen molar-refractivity contribution in [2.45, 2.75) is 13.5 Å². The summed E-state index contributed by atoms with van der Waals surface area (Å²) in [6, 6.07) is 24.2. The molecule has 0 aliphatic carbocycles. The first-order valence-corrected chi connectivity index (χ1v) is 9.54. The lowest BCUT2D eigenvalue weighted by atomic mass is 10.0. The number of rotatable bonds is 5. The first kappa shape index (κ1) is 19.8. The van der Waals surface area contributed by atoms with E-state index in [4.69, 9.17) is 4.74 Å². The summed E-state index contributed by atoms with van der Waals surface area (Å²) in [5.41, 5.74) is 3.81. The lowest BCUT2D eigenvalue weighted by Crippen LogP contribution is -2.00. The molecule has 0 unspecified atom stereocenters. The van der Waals surface area contributed by atoms with Crippen LogP contribution in [-0.2, 0) is 6.61 Å². The Morgan fingerprint density at radius 3 is 2.07 bits per heavy atom. The molecule has 0 spiro atoms. The van der Waals surface area contributed by atoms with Crippen molar-refractivity contribution < 1.29 is 17.9 Å². The van der Waals surface area contributed by atoms with Gasteiger partial charge in [-0.2, -0.15) is 4.39 Å². The van der Waals surface area contributed by atoms with Crippen molar-refractivity contribution in [3.8, 4) is 28.0 Å². The van der Waals surface area contributed by atoms with Gasteiger partial charge in [0.05, 0.1) is 0 Å². The van der Waals surface area contributed by atoms with Gasteiger partial charge in [0.25, 0.3) is 0 Å². The lowest BCUT2D eigenvalue weighted by Gasteiger charge is -2.11. The minimum Gasteiger partial charge on any atom is -0.486 e. The van der Waals surface area contributed by atoms with Gasteiger partial charge in [-0.25, -0.2) is 8.78 Å². The first-order chi connectivity index (χ1) is 14.5. The van der Waals surface area contributed by atoms with Crippen molar-refractivity contribution in [3.63, 3.8) is 0 Å². The minimum atomic E-state index is -1.01. The van der Waals surface area contributed by atoms with E-state index in [0.717, 1.165) is 16.7 Å². The van der Waals surface area contributed by atoms with Gasteiger partial charge >= 0.3 is 0 Å². The normalized spacial score (nSPS) is 10.8. The Kier molecular flexibility index (Phi) is 5.57. The predicted molar refractivity (Wildman–Crippen MR) is 113 cm³/mol. The topological polar surface area (TPSA) is 9.23 Å². The van der Waals surface area contributed by atoms with Crippen LogP contribution in [0.2, 0.25) is 0 Å². The van der Waals surface area contributed by atoms with Crippen LogP contribution in [-0.4, -0.2) is 0 Å². The van der Waals surface area contributed by atoms with E-state index in [1.165, 1.54) is 18.2 Å². The Morgan fingerprint density at radius 1 is 0.667 bits per heavy atom. The molecule has 0 fully saturated rings. The average Bonchev–Trinajstić information content (AvgIpc) is 2.78. The first-order valence-electron chi connectivity index (χ1n) is 9.54. The van der Waals surface area contributed by atoms with Crippen molar-refractivity contribution in [2.24, 2.45) is 0 Å². The number of halogens is 3. The van der Waals surface area contributed by atoms with Crippen molar-refractivity contribution in [3.05, 3.63) is 114 Å². The second-order valence-corrected chi connectivity index (χ2v) is 7.05. The highest BCUT2D eigenvalue weighted by atomic mass is 19.2. The van der Waals surface area contributed by atoms with Crippen LogP contribution in [0.25, 0.3) is 22.3 Å². The zero-order valence-corrected chi connectivity index (χ0v) is 16.3. The van der Waals surface area contributed by atoms with E-state index >= 15 is 0 Å². The Balaban J connectivity index is 1.48. The highest BCUT2D eigenvalue weighted by Gasteiger charge is 2.15. The average molecular weight is 404 g/mol. The molecule has 0 atom stereocenters. The van der Waals surface area contributed by atoms with E-state index in [1.54, 1.807) is 37.3 Å². The summed E-state index contributed by atoms with van der Waals surface area (Å²) in [7, 11) is 0. The van der Waals surface area contributed by atoms with Gasteiger partial charge in [-0.1, -0.05) is 66.7 Å². The van der Waals surface area contributed by atoms with Crippen molar-refractivity contribution in [1.82, 2.24) is 0 Å². The lowest BCUT2D eigenvalue weighted by molar-refractivity contribution is 0.285. The maximum atomic E-state index is 14.5. The third kappa shape index (κ3) is 4.08. The van der Waals surface area contributed by atoms with E-state index < -0.39 is 11.6 Å². The molecule has 0 bridgehead atoms. The molecule has 0 aliphatic rings. The summed E-state index contributed by atoms with van der Waals surface area (Å²) >= 11 is 0. The predicted octanol–water partition coefficient (Wildman–Crippen LogP) is 7.33. The van der Waals surface area contributed by atoms with Crippen LogP contribution in [0.4, 0.5) is 13.2 Å². The Bertz CT molecular complexity index is 1170. The maximum absolute atomic E-state index is 14.5. The van der Waals surface area contributed by atoms with Crippen molar-refractivity contribution in [2.75, 3.05) is 0 Å². The standard InChI is InChI=1S/C26H19F3O/c1-17-7-10-21(15-23(17)27)19-11-8-18(9-12-19)16-30-24-14-13-22(25(28)26(24)29)20-5-3-2-4-6-20/h2-15H,16H2,1H3. The number of hydrogen-bond donors (Lipinski definition) is 0. The SMILES string of the molecule is Cc1ccc(-c2ccc(COc3ccc(-c4ccccc4)c(F)c3F)cc2)cc1F. The fraction of sp³-hybridized carbons (Fsp3) is 0.0769. The molecule has 0 saturated heterocycles. The van der Waals surface area contributed by atoms with E-state index in [-0.39, 0.29) is 23.7 Å². The Morgan fingerprint density at radius 2 is 1.37 bits per heavy atom. The van der Waals surface area contributed by atoms with Crippen LogP contribution in [0.1, 0.15) is 11.1 Å². The molecular formula is C26H19F3O. The smallest absolute Gasteiger partial charge is 0.201 e. The third-order valence-electron chi connectivity index (χ3n) is 4.99. The van der Waals surface area contributed by atoms with Gasteiger partial charge in [-0.05, 0) is 52.9 Å². The van der Waals surface area contributed by atoms with Crippen LogP contribution in [0.15, 0.2) is 84.9 Å². The molecule has 4 rings (SSSR count). The van der Waals surface area contributed by atoms with Gasteiger partial charge in [-0.15, -0.1) is 0 Å². The monoisotopic (exact) mass is 404 g/mol. The van der Waals surface area contributed by atoms with Crippen LogP contribution < -0.4 is 4.74 Å². The minimum absolute atomic E-state index is 0.0869. The summed E-state index contributed by atoms with van der Waals surface area (Å²) in [4.78, 5) is 0. The number of hydrogen-bond acceptors (Lipinski definition) is 1. The summed E-state index contributed by atoms with van der Waals surface area (Å²) in [6.45, 7) is 1.80. The van der Waals surface area contributed by atoms with Crippen molar-refractivity contribution in [1.29, 1.82) is 0 Å². The highest BCUT2D eigenvalue weighted by molar-refractivity contribution is 5.65. The zero-order valence-electron chi connectivity index (χ0n) is 16.3. The molecule has 30 heavy (non-hydrogen) atoms. The summed E-state index contributed by atoms with van der Waals surface area (Å²) in [6.07, 6.45) is 0. The number of aryl methyl sites for hydroxylation is 1. The number of benzene rings is 4. The molecule has 0 aliphatic heterocycles. The fourth-order valence-electron chi connectivity index (χ4n) is 3.21. The third-order valence-corrected chi connectivity index (χ3v) is 4.99. The van der Waals surface area contributed by atoms with E-state index in [0.29, 0.717) is 11.1 Å². The van der Waals surface area contributed by atoms with E-state index in [9.17, 15) is 13.2 Å². The van der Waals surface area contributed by atoms with Gasteiger partial charge < -0.3 is 4.74 Å². The summed E-state index contributed by atoms with van der Waals surface area (Å²) < 4.78 is 48.2. The molecule has 0 aromatic heterocycles. The molecule has 150 valence electrons. The summed E-state index contributed by atoms with van der Waals surface area (Å²) in [5, 5.41) is 0. The van der Waals surface area contributed by atoms with Gasteiger partial charge in [-0.3, -0.25) is 0 Å². The largest absolute Gasteiger partial charge is 0.486 e. The van der Waals surface area contributed by atoms with Gasteiger partial charge in [0, 0.05) is 5.56 Å². The fourth-order valence-corrected chi connectivity index (χ4v) is 3.21. The van der Waals surface area contributed by atoms with Crippen LogP contribution in [0, 0.1) is 24.4 Å². The maximum Gasteiger partial charge on any atom is 0.201 e. The molecule has 4 aromatic carbocycles. The second kappa shape index (κ2) is 8.46. The molecule has 1 nitrogen and oxygen atoms in total. The molecule has 4 aromatic rings. The van der Waals surface area contributed by atoms with E-state index in [1.807, 2.05) is 36.4 Å². The zero-order chi connectivity index (χ0) is 21.1. The van der Waals surface area contributed by atoms with Crippen molar-refractivity contribution >= 4 is 0 Å². The second-order valence-electron chi connectivity index (χ2n) is 7.05. The van der Waals surface area contributed by atoms with Gasteiger partial charge in [0.1, 0.15) is 12.4 Å².